The van der Waals surface area contributed by atoms with Crippen molar-refractivity contribution < 1.29 is 14.3 Å². The van der Waals surface area contributed by atoms with Crippen LogP contribution in [-0.4, -0.2) is 30.7 Å². The molecule has 4 heteroatoms. The molecule has 1 saturated heterocycles. The lowest BCUT2D eigenvalue weighted by Crippen LogP contribution is -2.24. The maximum atomic E-state index is 10.4. The summed E-state index contributed by atoms with van der Waals surface area (Å²) in [6, 6.07) is 0. The lowest BCUT2D eigenvalue weighted by atomic mass is 10.3. The third-order valence-electron chi connectivity index (χ3n) is 1.28. The molecule has 1 aliphatic heterocycles. The summed E-state index contributed by atoms with van der Waals surface area (Å²) in [5.74, 6) is -0.304. The summed E-state index contributed by atoms with van der Waals surface area (Å²) in [4.78, 5) is 10.4. The minimum atomic E-state index is -0.304. The van der Waals surface area contributed by atoms with Crippen LogP contribution in [-0.2, 0) is 14.3 Å². The zero-order chi connectivity index (χ0) is 7.56. The van der Waals surface area contributed by atoms with Crippen LogP contribution in [0.4, 0.5) is 0 Å². The molecular weight excluding hydrogens is 156 g/mol. The highest BCUT2D eigenvalue weighted by molar-refractivity contribution is 6.21. The normalized spacial score (nSPS) is 32.2. The summed E-state index contributed by atoms with van der Waals surface area (Å²) in [5, 5.41) is -0.177. The highest BCUT2D eigenvalue weighted by Crippen LogP contribution is 2.15. The van der Waals surface area contributed by atoms with Crippen molar-refractivity contribution >= 4 is 17.6 Å². The molecule has 2 atom stereocenters. The molecule has 1 rings (SSSR count). The van der Waals surface area contributed by atoms with E-state index in [2.05, 4.69) is 0 Å². The minimum absolute atomic E-state index is 0.177. The molecule has 2 unspecified atom stereocenters. The van der Waals surface area contributed by atoms with E-state index in [1.807, 2.05) is 0 Å². The van der Waals surface area contributed by atoms with Crippen LogP contribution in [0.3, 0.4) is 0 Å². The monoisotopic (exact) mass is 164 g/mol. The number of carbonyl (C=O) groups is 1. The number of halogens is 1. The first-order valence-electron chi connectivity index (χ1n) is 3.09. The number of esters is 1. The lowest BCUT2D eigenvalue weighted by Gasteiger charge is -2.10. The fourth-order valence-corrected chi connectivity index (χ4v) is 1.04. The Morgan fingerprint density at radius 1 is 1.70 bits per heavy atom. The van der Waals surface area contributed by atoms with E-state index < -0.39 is 0 Å². The summed E-state index contributed by atoms with van der Waals surface area (Å²) < 4.78 is 9.79. The highest BCUT2D eigenvalue weighted by atomic mass is 35.5. The quantitative estimate of drug-likeness (QED) is 0.420. The van der Waals surface area contributed by atoms with Gasteiger partial charge in [-0.05, 0) is 0 Å². The van der Waals surface area contributed by atoms with Gasteiger partial charge in [-0.15, -0.1) is 11.6 Å². The average molecular weight is 165 g/mol. The van der Waals surface area contributed by atoms with Gasteiger partial charge < -0.3 is 9.47 Å². The summed E-state index contributed by atoms with van der Waals surface area (Å²) >= 11 is 5.72. The van der Waals surface area contributed by atoms with Crippen LogP contribution in [0.2, 0.25) is 0 Å². The largest absolute Gasteiger partial charge is 0.458 e. The van der Waals surface area contributed by atoms with Gasteiger partial charge in [-0.3, -0.25) is 4.79 Å². The van der Waals surface area contributed by atoms with Crippen molar-refractivity contribution in [1.82, 2.24) is 0 Å². The van der Waals surface area contributed by atoms with E-state index in [4.69, 9.17) is 21.1 Å². The molecule has 0 aromatic carbocycles. The number of carbonyl (C=O) groups excluding carboxylic acids is 1. The van der Waals surface area contributed by atoms with E-state index in [1.165, 1.54) is 6.92 Å². The van der Waals surface area contributed by atoms with E-state index in [1.54, 1.807) is 0 Å². The fraction of sp³-hybridized carbons (Fsp3) is 0.833. The molecule has 0 spiro atoms. The van der Waals surface area contributed by atoms with Crippen molar-refractivity contribution in [2.75, 3.05) is 13.2 Å². The predicted octanol–water partition coefficient (Wildman–Crippen LogP) is 0.556. The van der Waals surface area contributed by atoms with Crippen LogP contribution in [0.5, 0.6) is 0 Å². The Morgan fingerprint density at radius 3 is 2.80 bits per heavy atom. The molecule has 0 aromatic heterocycles. The van der Waals surface area contributed by atoms with Crippen LogP contribution in [0, 0.1) is 0 Å². The van der Waals surface area contributed by atoms with E-state index in [9.17, 15) is 4.79 Å². The molecule has 58 valence electrons. The third kappa shape index (κ3) is 1.85. The molecule has 1 heterocycles. The number of rotatable bonds is 1. The second-order valence-corrected chi connectivity index (χ2v) is 2.76. The molecule has 1 aliphatic rings. The molecule has 0 N–H and O–H groups in total. The van der Waals surface area contributed by atoms with Crippen LogP contribution in [0.15, 0.2) is 0 Å². The zero-order valence-electron chi connectivity index (χ0n) is 5.67. The predicted molar refractivity (Wildman–Crippen MR) is 36.0 cm³/mol. The van der Waals surface area contributed by atoms with E-state index in [0.29, 0.717) is 13.2 Å². The molecule has 3 nitrogen and oxygen atoms in total. The lowest BCUT2D eigenvalue weighted by molar-refractivity contribution is -0.146. The Kier molecular flexibility index (Phi) is 2.51. The molecule has 0 amide bonds. The molecule has 0 saturated carbocycles. The maximum Gasteiger partial charge on any atom is 0.303 e. The minimum Gasteiger partial charge on any atom is -0.458 e. The van der Waals surface area contributed by atoms with Crippen molar-refractivity contribution in [3.8, 4) is 0 Å². The van der Waals surface area contributed by atoms with Gasteiger partial charge >= 0.3 is 5.97 Å². The van der Waals surface area contributed by atoms with Crippen LogP contribution < -0.4 is 0 Å². The van der Waals surface area contributed by atoms with Gasteiger partial charge in [0.15, 0.2) is 0 Å². The fourth-order valence-electron chi connectivity index (χ4n) is 0.830. The molecule has 0 aliphatic carbocycles. The SMILES string of the molecule is CC(=O)OC1COCC1Cl. The number of hydrogen-bond acceptors (Lipinski definition) is 3. The Bertz CT molecular complexity index is 137. The smallest absolute Gasteiger partial charge is 0.303 e. The van der Waals surface area contributed by atoms with E-state index in [-0.39, 0.29) is 17.5 Å². The summed E-state index contributed by atoms with van der Waals surface area (Å²) in [7, 11) is 0. The second kappa shape index (κ2) is 3.21. The number of ether oxygens (including phenoxy) is 2. The standard InChI is InChI=1S/C6H9ClO3/c1-4(8)10-6-3-9-2-5(6)7/h5-6H,2-3H2,1H3. The molecule has 10 heavy (non-hydrogen) atoms. The van der Waals surface area contributed by atoms with Crippen molar-refractivity contribution in [3.63, 3.8) is 0 Å². The van der Waals surface area contributed by atoms with Crippen LogP contribution >= 0.6 is 11.6 Å². The van der Waals surface area contributed by atoms with Crippen molar-refractivity contribution in [1.29, 1.82) is 0 Å². The second-order valence-electron chi connectivity index (χ2n) is 2.20. The molecule has 1 fully saturated rings. The Morgan fingerprint density at radius 2 is 2.40 bits per heavy atom. The van der Waals surface area contributed by atoms with Crippen molar-refractivity contribution in [2.24, 2.45) is 0 Å². The number of alkyl halides is 1. The first-order valence-corrected chi connectivity index (χ1v) is 3.53. The van der Waals surface area contributed by atoms with E-state index in [0.717, 1.165) is 0 Å². The Labute approximate surface area is 64.3 Å². The van der Waals surface area contributed by atoms with Crippen LogP contribution in [0.1, 0.15) is 6.92 Å². The van der Waals surface area contributed by atoms with Gasteiger partial charge in [0, 0.05) is 6.92 Å². The maximum absolute atomic E-state index is 10.4. The van der Waals surface area contributed by atoms with Gasteiger partial charge in [0.05, 0.1) is 18.6 Å². The summed E-state index contributed by atoms with van der Waals surface area (Å²) in [6.45, 7) is 2.26. The van der Waals surface area contributed by atoms with Gasteiger partial charge in [0.1, 0.15) is 6.10 Å². The van der Waals surface area contributed by atoms with Gasteiger partial charge in [-0.1, -0.05) is 0 Å². The van der Waals surface area contributed by atoms with Gasteiger partial charge in [0.2, 0.25) is 0 Å². The average Bonchev–Trinajstić information content (AvgIpc) is 2.15. The molecular formula is C6H9ClO3. The number of hydrogen-bond donors (Lipinski definition) is 0. The Balaban J connectivity index is 2.33. The third-order valence-corrected chi connectivity index (χ3v) is 1.69. The summed E-state index contributed by atoms with van der Waals surface area (Å²) in [6.07, 6.45) is -0.251. The first kappa shape index (κ1) is 7.82. The van der Waals surface area contributed by atoms with Gasteiger partial charge in [0.25, 0.3) is 0 Å². The van der Waals surface area contributed by atoms with E-state index >= 15 is 0 Å². The topological polar surface area (TPSA) is 35.5 Å². The van der Waals surface area contributed by atoms with Crippen LogP contribution in [0.25, 0.3) is 0 Å². The zero-order valence-corrected chi connectivity index (χ0v) is 6.43. The first-order chi connectivity index (χ1) is 4.70. The van der Waals surface area contributed by atoms with Crippen molar-refractivity contribution in [2.45, 2.75) is 18.4 Å². The summed E-state index contributed by atoms with van der Waals surface area (Å²) in [5.41, 5.74) is 0. The molecule has 0 radical (unpaired) electrons. The molecule has 0 bridgehead atoms. The highest BCUT2D eigenvalue weighted by Gasteiger charge is 2.28. The van der Waals surface area contributed by atoms with Gasteiger partial charge in [-0.2, -0.15) is 0 Å². The van der Waals surface area contributed by atoms with Gasteiger partial charge in [-0.25, -0.2) is 0 Å². The molecule has 0 aromatic rings. The Hall–Kier alpha value is -0.280. The van der Waals surface area contributed by atoms with Crippen molar-refractivity contribution in [3.05, 3.63) is 0 Å².